The summed E-state index contributed by atoms with van der Waals surface area (Å²) < 4.78 is 5.99. The summed E-state index contributed by atoms with van der Waals surface area (Å²) in [6.45, 7) is 0.200. The van der Waals surface area contributed by atoms with Crippen LogP contribution >= 0.6 is 15.9 Å². The van der Waals surface area contributed by atoms with Crippen LogP contribution < -0.4 is 15.5 Å². The van der Waals surface area contributed by atoms with Crippen LogP contribution in [-0.4, -0.2) is 24.6 Å². The highest BCUT2D eigenvalue weighted by Gasteiger charge is 2.10. The number of hydrogen-bond acceptors (Lipinski definition) is 4. The minimum Gasteiger partial charge on any atom is -0.481 e. The van der Waals surface area contributed by atoms with E-state index in [-0.39, 0.29) is 13.0 Å². The predicted octanol–water partition coefficient (Wildman–Crippen LogP) is 2.94. The van der Waals surface area contributed by atoms with Crippen molar-refractivity contribution in [1.82, 2.24) is 5.43 Å². The standard InChI is InChI=1S/C19H16BrN3O3/c1-2-11-26-15-9-7-14(8-10-15)13-21-23-19(25)12-18(24)22-17-6-4-3-5-16(17)20/h1,3-10,13H,11-12H2,(H,22,24)(H,23,25). The van der Waals surface area contributed by atoms with Gasteiger partial charge in [0.1, 0.15) is 18.8 Å². The zero-order valence-corrected chi connectivity index (χ0v) is 15.3. The average Bonchev–Trinajstić information content (AvgIpc) is 2.63. The number of ether oxygens (including phenoxy) is 1. The molecule has 0 bridgehead atoms. The van der Waals surface area contributed by atoms with Crippen LogP contribution in [0.1, 0.15) is 12.0 Å². The van der Waals surface area contributed by atoms with Gasteiger partial charge < -0.3 is 10.1 Å². The van der Waals surface area contributed by atoms with E-state index in [2.05, 4.69) is 37.7 Å². The number of halogens is 1. The maximum Gasteiger partial charge on any atom is 0.249 e. The van der Waals surface area contributed by atoms with Crippen LogP contribution in [0.3, 0.4) is 0 Å². The number of hydrogen-bond donors (Lipinski definition) is 2. The first kappa shape index (κ1) is 19.2. The molecule has 0 radical (unpaired) electrons. The highest BCUT2D eigenvalue weighted by molar-refractivity contribution is 9.10. The van der Waals surface area contributed by atoms with Crippen molar-refractivity contribution in [3.63, 3.8) is 0 Å². The monoisotopic (exact) mass is 413 g/mol. The molecule has 0 unspecified atom stereocenters. The van der Waals surface area contributed by atoms with E-state index in [4.69, 9.17) is 11.2 Å². The lowest BCUT2D eigenvalue weighted by molar-refractivity contribution is -0.126. The number of hydrazone groups is 1. The van der Waals surface area contributed by atoms with Crippen LogP contribution in [0, 0.1) is 12.3 Å². The molecule has 2 aromatic rings. The Kier molecular flexibility index (Phi) is 7.40. The number of carbonyl (C=O) groups is 2. The molecule has 2 amide bonds. The number of amides is 2. The molecule has 0 aliphatic heterocycles. The van der Waals surface area contributed by atoms with E-state index >= 15 is 0 Å². The van der Waals surface area contributed by atoms with Crippen molar-refractivity contribution in [2.45, 2.75) is 6.42 Å². The lowest BCUT2D eigenvalue weighted by atomic mass is 10.2. The second-order valence-electron chi connectivity index (χ2n) is 5.06. The van der Waals surface area contributed by atoms with Crippen LogP contribution in [0.5, 0.6) is 5.75 Å². The molecule has 0 atom stereocenters. The van der Waals surface area contributed by atoms with E-state index in [9.17, 15) is 9.59 Å². The van der Waals surface area contributed by atoms with Crippen LogP contribution in [-0.2, 0) is 9.59 Å². The molecule has 0 aromatic heterocycles. The number of nitrogens with one attached hydrogen (secondary N) is 2. The fraction of sp³-hybridized carbons (Fsp3) is 0.105. The Morgan fingerprint density at radius 2 is 1.88 bits per heavy atom. The minimum absolute atomic E-state index is 0.200. The van der Waals surface area contributed by atoms with Crippen molar-refractivity contribution >= 4 is 39.6 Å². The molecule has 2 rings (SSSR count). The maximum absolute atomic E-state index is 11.9. The SMILES string of the molecule is C#CCOc1ccc(C=NNC(=O)CC(=O)Nc2ccccc2Br)cc1. The van der Waals surface area contributed by atoms with Crippen molar-refractivity contribution in [1.29, 1.82) is 0 Å². The second kappa shape index (κ2) is 10.0. The second-order valence-corrected chi connectivity index (χ2v) is 5.91. The zero-order valence-electron chi connectivity index (χ0n) is 13.7. The lowest BCUT2D eigenvalue weighted by Gasteiger charge is -2.06. The third kappa shape index (κ3) is 6.42. The normalized spacial score (nSPS) is 10.2. The third-order valence-electron chi connectivity index (χ3n) is 3.07. The Hall–Kier alpha value is -3.11. The number of carbonyl (C=O) groups excluding carboxylic acids is 2. The van der Waals surface area contributed by atoms with Gasteiger partial charge in [0.2, 0.25) is 11.8 Å². The highest BCUT2D eigenvalue weighted by atomic mass is 79.9. The molecule has 6 nitrogen and oxygen atoms in total. The predicted molar refractivity (Wildman–Crippen MR) is 104 cm³/mol. The molecule has 0 aliphatic rings. The number of rotatable bonds is 7. The van der Waals surface area contributed by atoms with Crippen LogP contribution in [0.25, 0.3) is 0 Å². The summed E-state index contributed by atoms with van der Waals surface area (Å²) in [6, 6.07) is 14.2. The summed E-state index contributed by atoms with van der Waals surface area (Å²) in [6.07, 6.45) is 6.25. The van der Waals surface area contributed by atoms with Crippen molar-refractivity contribution < 1.29 is 14.3 Å². The van der Waals surface area contributed by atoms with Gasteiger partial charge in [0.25, 0.3) is 0 Å². The largest absolute Gasteiger partial charge is 0.481 e. The molecular formula is C19H16BrN3O3. The van der Waals surface area contributed by atoms with Crippen molar-refractivity contribution in [2.75, 3.05) is 11.9 Å². The summed E-state index contributed by atoms with van der Waals surface area (Å²) in [5, 5.41) is 6.47. The van der Waals surface area contributed by atoms with Gasteiger partial charge in [0, 0.05) is 4.47 Å². The molecule has 26 heavy (non-hydrogen) atoms. The third-order valence-corrected chi connectivity index (χ3v) is 3.77. The first-order chi connectivity index (χ1) is 12.6. The van der Waals surface area contributed by atoms with Gasteiger partial charge in [-0.2, -0.15) is 5.10 Å². The molecule has 0 aliphatic carbocycles. The molecule has 0 heterocycles. The molecule has 0 spiro atoms. The topological polar surface area (TPSA) is 79.8 Å². The molecule has 2 N–H and O–H groups in total. The van der Waals surface area contributed by atoms with Gasteiger partial charge >= 0.3 is 0 Å². The molecule has 2 aromatic carbocycles. The summed E-state index contributed by atoms with van der Waals surface area (Å²) in [5.74, 6) is 2.08. The fourth-order valence-corrected chi connectivity index (χ4v) is 2.28. The minimum atomic E-state index is -0.514. The molecular weight excluding hydrogens is 398 g/mol. The van der Waals surface area contributed by atoms with E-state index in [1.165, 1.54) is 6.21 Å². The number of nitrogens with zero attached hydrogens (tertiary/aromatic N) is 1. The number of terminal acetylenes is 1. The van der Waals surface area contributed by atoms with Gasteiger partial charge in [-0.15, -0.1) is 6.42 Å². The average molecular weight is 414 g/mol. The smallest absolute Gasteiger partial charge is 0.249 e. The van der Waals surface area contributed by atoms with Gasteiger partial charge in [0.15, 0.2) is 0 Å². The van der Waals surface area contributed by atoms with Crippen LogP contribution in [0.15, 0.2) is 58.1 Å². The first-order valence-electron chi connectivity index (χ1n) is 7.61. The zero-order chi connectivity index (χ0) is 18.8. The van der Waals surface area contributed by atoms with Gasteiger partial charge in [-0.3, -0.25) is 9.59 Å². The Morgan fingerprint density at radius 3 is 2.58 bits per heavy atom. The van der Waals surface area contributed by atoms with Crippen LogP contribution in [0.2, 0.25) is 0 Å². The number of benzene rings is 2. The fourth-order valence-electron chi connectivity index (χ4n) is 1.90. The van der Waals surface area contributed by atoms with E-state index in [0.29, 0.717) is 11.4 Å². The van der Waals surface area contributed by atoms with Crippen molar-refractivity contribution in [3.05, 3.63) is 58.6 Å². The number of anilines is 1. The highest BCUT2D eigenvalue weighted by Crippen LogP contribution is 2.21. The first-order valence-corrected chi connectivity index (χ1v) is 8.40. The Bertz CT molecular complexity index is 842. The summed E-state index contributed by atoms with van der Waals surface area (Å²) in [5.41, 5.74) is 3.67. The van der Waals surface area contributed by atoms with E-state index in [1.54, 1.807) is 42.5 Å². The van der Waals surface area contributed by atoms with Crippen LogP contribution in [0.4, 0.5) is 5.69 Å². The van der Waals surface area contributed by atoms with Crippen molar-refractivity contribution in [3.8, 4) is 18.1 Å². The Labute approximate surface area is 159 Å². The molecule has 0 fully saturated rings. The Morgan fingerprint density at radius 1 is 1.15 bits per heavy atom. The van der Waals surface area contributed by atoms with E-state index in [1.807, 2.05) is 6.07 Å². The molecule has 7 heteroatoms. The lowest BCUT2D eigenvalue weighted by Crippen LogP contribution is -2.24. The summed E-state index contributed by atoms with van der Waals surface area (Å²) in [7, 11) is 0. The maximum atomic E-state index is 11.9. The molecule has 0 saturated heterocycles. The van der Waals surface area contributed by atoms with Gasteiger partial charge in [-0.05, 0) is 57.9 Å². The molecule has 0 saturated carbocycles. The van der Waals surface area contributed by atoms with Gasteiger partial charge in [-0.1, -0.05) is 18.1 Å². The van der Waals surface area contributed by atoms with E-state index < -0.39 is 11.8 Å². The quantitative estimate of drug-likeness (QED) is 0.317. The van der Waals surface area contributed by atoms with Crippen molar-refractivity contribution in [2.24, 2.45) is 5.10 Å². The van der Waals surface area contributed by atoms with E-state index in [0.717, 1.165) is 10.0 Å². The summed E-state index contributed by atoms with van der Waals surface area (Å²) in [4.78, 5) is 23.6. The Balaban J connectivity index is 1.79. The van der Waals surface area contributed by atoms with Gasteiger partial charge in [-0.25, -0.2) is 5.43 Å². The van der Waals surface area contributed by atoms with Gasteiger partial charge in [0.05, 0.1) is 11.9 Å². The molecule has 132 valence electrons. The number of para-hydroxylation sites is 1. The summed E-state index contributed by atoms with van der Waals surface area (Å²) >= 11 is 3.32.